The van der Waals surface area contributed by atoms with Crippen molar-refractivity contribution in [1.82, 2.24) is 9.13 Å². The lowest BCUT2D eigenvalue weighted by atomic mass is 9.79. The highest BCUT2D eigenvalue weighted by Crippen LogP contribution is 2.49. The number of nitrogens with zero attached hydrogens (tertiary/aromatic N) is 2. The third-order valence-electron chi connectivity index (χ3n) is 8.54. The molecule has 0 unspecified atom stereocenters. The van der Waals surface area contributed by atoms with Crippen LogP contribution in [0.15, 0.2) is 101 Å². The summed E-state index contributed by atoms with van der Waals surface area (Å²) in [5.74, 6) is 0. The summed E-state index contributed by atoms with van der Waals surface area (Å²) in [5.41, 5.74) is 6.25. The van der Waals surface area contributed by atoms with Crippen LogP contribution >= 0.6 is 11.8 Å². The molecule has 0 amide bonds. The van der Waals surface area contributed by atoms with Gasteiger partial charge in [0.15, 0.2) is 0 Å². The fraction of sp³-hybridized carbons (Fsp3) is 0.188. The highest BCUT2D eigenvalue weighted by molar-refractivity contribution is 7.99. The lowest BCUT2D eigenvalue weighted by molar-refractivity contribution is 0.00578. The van der Waals surface area contributed by atoms with Crippen LogP contribution in [0.4, 0.5) is 0 Å². The monoisotopic (exact) mass is 514 g/mol. The van der Waals surface area contributed by atoms with E-state index in [1.165, 1.54) is 48.3 Å². The molecule has 0 radical (unpaired) electrons. The third kappa shape index (κ3) is 2.91. The molecule has 0 N–H and O–H groups in total. The normalized spacial score (nSPS) is 17.5. The minimum Gasteiger partial charge on any atom is -0.399 e. The second kappa shape index (κ2) is 7.57. The van der Waals surface area contributed by atoms with E-state index in [4.69, 9.17) is 9.31 Å². The van der Waals surface area contributed by atoms with E-state index in [0.717, 1.165) is 11.2 Å². The van der Waals surface area contributed by atoms with Crippen LogP contribution in [0.5, 0.6) is 0 Å². The molecule has 6 heteroatoms. The van der Waals surface area contributed by atoms with E-state index in [9.17, 15) is 0 Å². The van der Waals surface area contributed by atoms with Crippen LogP contribution in [0.2, 0.25) is 0 Å². The van der Waals surface area contributed by atoms with Crippen molar-refractivity contribution in [3.63, 3.8) is 0 Å². The molecule has 2 aliphatic heterocycles. The zero-order valence-corrected chi connectivity index (χ0v) is 22.7. The molecule has 8 rings (SSSR count). The standard InChI is InChI=1S/C32H27BN2O2S/c1-31(2)32(3,4)37-33(36-31)20-17-18-26-25(19-20)35-29-23(14-10-16-27(29)38-26)28-22-13-8-9-15-24(22)34(30(28)35)21-11-6-5-7-12-21/h5-19H,1-4H3. The Morgan fingerprint density at radius 2 is 1.39 bits per heavy atom. The van der Waals surface area contributed by atoms with Crippen molar-refractivity contribution in [2.75, 3.05) is 0 Å². The smallest absolute Gasteiger partial charge is 0.399 e. The van der Waals surface area contributed by atoms with Gasteiger partial charge in [-0.1, -0.05) is 66.4 Å². The van der Waals surface area contributed by atoms with E-state index < -0.39 is 7.12 Å². The predicted octanol–water partition coefficient (Wildman–Crippen LogP) is 7.49. The summed E-state index contributed by atoms with van der Waals surface area (Å²) >= 11 is 1.84. The molecule has 0 bridgehead atoms. The maximum atomic E-state index is 6.45. The molecule has 4 aromatic carbocycles. The molecule has 2 aromatic heterocycles. The van der Waals surface area contributed by atoms with Gasteiger partial charge in [0.1, 0.15) is 5.65 Å². The van der Waals surface area contributed by atoms with Gasteiger partial charge in [-0.2, -0.15) is 0 Å². The predicted molar refractivity (Wildman–Crippen MR) is 157 cm³/mol. The van der Waals surface area contributed by atoms with Gasteiger partial charge in [-0.15, -0.1) is 0 Å². The summed E-state index contributed by atoms with van der Waals surface area (Å²) in [7, 11) is -0.408. The van der Waals surface area contributed by atoms with Gasteiger partial charge in [0.25, 0.3) is 0 Å². The molecule has 4 heterocycles. The molecule has 6 aromatic rings. The highest BCUT2D eigenvalue weighted by Gasteiger charge is 2.51. The van der Waals surface area contributed by atoms with Crippen LogP contribution in [0.25, 0.3) is 44.2 Å². The Kier molecular flexibility index (Phi) is 4.49. The fourth-order valence-corrected chi connectivity index (χ4v) is 7.03. The molecule has 0 spiro atoms. The van der Waals surface area contributed by atoms with E-state index in [1.54, 1.807) is 0 Å². The summed E-state index contributed by atoms with van der Waals surface area (Å²) in [6.07, 6.45) is 0. The molecule has 4 nitrogen and oxygen atoms in total. The Balaban J connectivity index is 1.47. The maximum absolute atomic E-state index is 6.45. The number of para-hydroxylation sites is 3. The maximum Gasteiger partial charge on any atom is 0.494 e. The van der Waals surface area contributed by atoms with Crippen molar-refractivity contribution in [1.29, 1.82) is 0 Å². The van der Waals surface area contributed by atoms with E-state index in [-0.39, 0.29) is 11.2 Å². The molecule has 186 valence electrons. The Hall–Kier alpha value is -3.45. The molecule has 2 aliphatic rings. The second-order valence-electron chi connectivity index (χ2n) is 11.3. The minimum absolute atomic E-state index is 0.386. The van der Waals surface area contributed by atoms with Gasteiger partial charge in [0.2, 0.25) is 0 Å². The molecule has 38 heavy (non-hydrogen) atoms. The van der Waals surface area contributed by atoms with E-state index >= 15 is 0 Å². The van der Waals surface area contributed by atoms with Crippen LogP contribution in [0.3, 0.4) is 0 Å². The summed E-state index contributed by atoms with van der Waals surface area (Å²) in [6.45, 7) is 8.42. The third-order valence-corrected chi connectivity index (χ3v) is 9.65. The van der Waals surface area contributed by atoms with Gasteiger partial charge in [-0.25, -0.2) is 0 Å². The van der Waals surface area contributed by atoms with E-state index in [1.807, 2.05) is 11.8 Å². The van der Waals surface area contributed by atoms with Crippen molar-refractivity contribution < 1.29 is 9.31 Å². The summed E-state index contributed by atoms with van der Waals surface area (Å²) in [4.78, 5) is 2.51. The average molecular weight is 514 g/mol. The molecular weight excluding hydrogens is 487 g/mol. The number of rotatable bonds is 2. The first-order chi connectivity index (χ1) is 18.3. The Labute approximate surface area is 226 Å². The van der Waals surface area contributed by atoms with Gasteiger partial charge in [0, 0.05) is 31.6 Å². The summed E-state index contributed by atoms with van der Waals surface area (Å²) < 4.78 is 17.8. The van der Waals surface area contributed by atoms with E-state index in [2.05, 4.69) is 128 Å². The van der Waals surface area contributed by atoms with Crippen molar-refractivity contribution in [3.8, 4) is 11.4 Å². The van der Waals surface area contributed by atoms with Crippen LogP contribution in [0, 0.1) is 0 Å². The van der Waals surface area contributed by atoms with Crippen molar-refractivity contribution in [2.24, 2.45) is 0 Å². The summed E-state index contributed by atoms with van der Waals surface area (Å²) in [5, 5.41) is 3.83. The Morgan fingerprint density at radius 1 is 0.684 bits per heavy atom. The Morgan fingerprint density at radius 3 is 2.18 bits per heavy atom. The van der Waals surface area contributed by atoms with Gasteiger partial charge < -0.3 is 9.31 Å². The molecule has 0 atom stereocenters. The zero-order chi connectivity index (χ0) is 25.8. The molecule has 0 saturated carbocycles. The number of hydrogen-bond donors (Lipinski definition) is 0. The SMILES string of the molecule is CC1(C)OB(c2ccc3c(c2)-n2c4c(cccc4c4c5ccccc5n(-c5ccccc5)c42)S3)OC1(C)C. The van der Waals surface area contributed by atoms with Crippen molar-refractivity contribution in [2.45, 2.75) is 48.7 Å². The first-order valence-electron chi connectivity index (χ1n) is 13.1. The fourth-order valence-electron chi connectivity index (χ4n) is 5.96. The van der Waals surface area contributed by atoms with Gasteiger partial charge >= 0.3 is 7.12 Å². The molecule has 1 fully saturated rings. The number of fused-ring (bicyclic) bond motifs is 7. The van der Waals surface area contributed by atoms with Crippen LogP contribution in [0.1, 0.15) is 27.7 Å². The minimum atomic E-state index is -0.408. The van der Waals surface area contributed by atoms with Crippen LogP contribution in [-0.4, -0.2) is 27.5 Å². The Bertz CT molecular complexity index is 1900. The van der Waals surface area contributed by atoms with Crippen molar-refractivity contribution >= 4 is 57.2 Å². The first kappa shape index (κ1) is 22.5. The number of benzene rings is 4. The van der Waals surface area contributed by atoms with E-state index in [0.29, 0.717) is 0 Å². The summed E-state index contributed by atoms with van der Waals surface area (Å²) in [6, 6.07) is 32.8. The topological polar surface area (TPSA) is 28.3 Å². The van der Waals surface area contributed by atoms with Gasteiger partial charge in [0.05, 0.1) is 27.9 Å². The van der Waals surface area contributed by atoms with Crippen LogP contribution < -0.4 is 5.46 Å². The number of aromatic nitrogens is 2. The molecule has 0 aliphatic carbocycles. The van der Waals surface area contributed by atoms with Crippen molar-refractivity contribution in [3.05, 3.63) is 91.0 Å². The van der Waals surface area contributed by atoms with Gasteiger partial charge in [-0.05, 0) is 69.6 Å². The van der Waals surface area contributed by atoms with Gasteiger partial charge in [-0.3, -0.25) is 9.13 Å². The van der Waals surface area contributed by atoms with Crippen LogP contribution in [-0.2, 0) is 9.31 Å². The lowest BCUT2D eigenvalue weighted by Crippen LogP contribution is -2.41. The molecule has 1 saturated heterocycles. The average Bonchev–Trinajstić information content (AvgIpc) is 3.50. The quantitative estimate of drug-likeness (QED) is 0.224. The largest absolute Gasteiger partial charge is 0.494 e. The first-order valence-corrected chi connectivity index (χ1v) is 14.0. The zero-order valence-electron chi connectivity index (χ0n) is 21.9. The number of hydrogen-bond acceptors (Lipinski definition) is 3. The lowest BCUT2D eigenvalue weighted by Gasteiger charge is -2.32. The second-order valence-corrected chi connectivity index (χ2v) is 12.4. The molecular formula is C32H27BN2O2S. The highest BCUT2D eigenvalue weighted by atomic mass is 32.2.